The van der Waals surface area contributed by atoms with E-state index in [4.69, 9.17) is 9.47 Å². The Kier molecular flexibility index (Phi) is 16.8. The number of pyridine rings is 2. The average molecular weight is 769 g/mol. The Morgan fingerprint density at radius 2 is 0.893 bits per heavy atom. The number of carbonyl (C=O) groups is 4. The van der Waals surface area contributed by atoms with Gasteiger partial charge in [0.15, 0.2) is 0 Å². The normalized spacial score (nSPS) is 14.4. The van der Waals surface area contributed by atoms with Crippen LogP contribution in [-0.2, 0) is 45.1 Å². The number of hydrogen-bond donors (Lipinski definition) is 6. The zero-order valence-corrected chi connectivity index (χ0v) is 32.1. The van der Waals surface area contributed by atoms with E-state index in [0.717, 1.165) is 11.1 Å². The third kappa shape index (κ3) is 13.8. The molecule has 0 aliphatic heterocycles. The Bertz CT molecular complexity index is 1670. The third-order valence-electron chi connectivity index (χ3n) is 9.03. The van der Waals surface area contributed by atoms with Gasteiger partial charge in [-0.3, -0.25) is 19.6 Å². The molecule has 4 rings (SSSR count). The molecule has 2 aromatic carbocycles. The van der Waals surface area contributed by atoms with E-state index in [-0.39, 0.29) is 26.1 Å². The summed E-state index contributed by atoms with van der Waals surface area (Å²) in [6.07, 6.45) is -1.55. The minimum Gasteiger partial charge on any atom is -0.443 e. The number of amides is 4. The molecule has 14 heteroatoms. The van der Waals surface area contributed by atoms with Crippen molar-refractivity contribution in [1.82, 2.24) is 31.2 Å². The van der Waals surface area contributed by atoms with Gasteiger partial charge >= 0.3 is 12.2 Å². The fraction of sp³-hybridized carbons (Fsp3) is 0.381. The standard InChI is InChI=1S/C42H52N6O8/c1-27(2)35(47-41(53)55-25-31-19-11-13-21-43-31)39(51)45-33(23-29-15-7-5-8-16-29)37(49)38(50)34(24-30-17-9-6-10-18-30)46-40(52)36(28(3)4)48-42(54)56-26-32-20-12-14-22-44-32/h5-22,27-28,33-38,49-50H,23-26H2,1-4H3,(H,45,51)(H,46,52)(H,47,53)(H,48,54)/t33-,34-,35-,36-,37?,38?/m0/s1. The van der Waals surface area contributed by atoms with Crippen molar-refractivity contribution >= 4 is 24.0 Å². The summed E-state index contributed by atoms with van der Waals surface area (Å²) in [6, 6.07) is 24.3. The highest BCUT2D eigenvalue weighted by Crippen LogP contribution is 2.17. The molecule has 0 spiro atoms. The van der Waals surface area contributed by atoms with E-state index in [1.807, 2.05) is 60.7 Å². The summed E-state index contributed by atoms with van der Waals surface area (Å²) in [5.74, 6) is -2.01. The number of aliphatic hydroxyl groups excluding tert-OH is 2. The Labute approximate surface area is 327 Å². The summed E-state index contributed by atoms with van der Waals surface area (Å²) in [4.78, 5) is 61.6. The second-order valence-electron chi connectivity index (χ2n) is 14.1. The zero-order valence-electron chi connectivity index (χ0n) is 32.1. The van der Waals surface area contributed by atoms with Crippen LogP contribution >= 0.6 is 0 Å². The fourth-order valence-corrected chi connectivity index (χ4v) is 5.92. The molecule has 0 fully saturated rings. The van der Waals surface area contributed by atoms with Crippen molar-refractivity contribution in [3.05, 3.63) is 132 Å². The largest absolute Gasteiger partial charge is 0.443 e. The van der Waals surface area contributed by atoms with Crippen molar-refractivity contribution in [3.63, 3.8) is 0 Å². The lowest BCUT2D eigenvalue weighted by atomic mass is 9.90. The van der Waals surface area contributed by atoms with E-state index in [1.165, 1.54) is 0 Å². The number of nitrogens with one attached hydrogen (secondary N) is 4. The lowest BCUT2D eigenvalue weighted by molar-refractivity contribution is -0.129. The Balaban J connectivity index is 1.53. The predicted molar refractivity (Wildman–Crippen MR) is 209 cm³/mol. The van der Waals surface area contributed by atoms with Crippen LogP contribution in [0, 0.1) is 11.8 Å². The van der Waals surface area contributed by atoms with Gasteiger partial charge < -0.3 is 41.0 Å². The number of rotatable bonds is 19. The first kappa shape index (κ1) is 42.9. The second kappa shape index (κ2) is 21.9. The maximum absolute atomic E-state index is 13.9. The SMILES string of the molecule is CC(C)[C@H](NC(=O)OCc1ccccn1)C(=O)N[C@@H](Cc1ccccc1)C(O)C(O)[C@H](Cc1ccccc1)NC(=O)[C@@H](NC(=O)OCc1ccccn1)C(C)C. The summed E-state index contributed by atoms with van der Waals surface area (Å²) in [5, 5.41) is 34.7. The van der Waals surface area contributed by atoms with E-state index in [0.29, 0.717) is 11.4 Å². The Morgan fingerprint density at radius 3 is 1.21 bits per heavy atom. The first-order valence-corrected chi connectivity index (χ1v) is 18.6. The van der Waals surface area contributed by atoms with Crippen molar-refractivity contribution in [2.75, 3.05) is 0 Å². The predicted octanol–water partition coefficient (Wildman–Crippen LogP) is 3.86. The van der Waals surface area contributed by atoms with Crippen LogP contribution in [-0.4, -0.2) is 80.6 Å². The van der Waals surface area contributed by atoms with E-state index in [2.05, 4.69) is 31.2 Å². The molecule has 2 aromatic heterocycles. The summed E-state index contributed by atoms with van der Waals surface area (Å²) in [7, 11) is 0. The van der Waals surface area contributed by atoms with E-state index in [1.54, 1.807) is 76.5 Å². The molecule has 4 amide bonds. The van der Waals surface area contributed by atoms with E-state index in [9.17, 15) is 29.4 Å². The van der Waals surface area contributed by atoms with Crippen LogP contribution in [0.4, 0.5) is 9.59 Å². The minimum absolute atomic E-state index is 0.101. The van der Waals surface area contributed by atoms with Gasteiger partial charge in [-0.25, -0.2) is 9.59 Å². The lowest BCUT2D eigenvalue weighted by Crippen LogP contribution is -2.61. The highest BCUT2D eigenvalue weighted by Gasteiger charge is 2.37. The molecule has 6 atom stereocenters. The number of hydrogen-bond acceptors (Lipinski definition) is 10. The summed E-state index contributed by atoms with van der Waals surface area (Å²) < 4.78 is 10.6. The van der Waals surface area contributed by atoms with Crippen LogP contribution in [0.15, 0.2) is 109 Å². The van der Waals surface area contributed by atoms with Gasteiger partial charge in [-0.15, -0.1) is 0 Å². The van der Waals surface area contributed by atoms with Crippen molar-refractivity contribution in [2.24, 2.45) is 11.8 Å². The molecule has 0 radical (unpaired) electrons. The van der Waals surface area contributed by atoms with Gasteiger partial charge in [-0.1, -0.05) is 100 Å². The molecule has 0 saturated heterocycles. The number of aromatic nitrogens is 2. The zero-order chi connectivity index (χ0) is 40.5. The third-order valence-corrected chi connectivity index (χ3v) is 9.03. The average Bonchev–Trinajstić information content (AvgIpc) is 3.20. The smallest absolute Gasteiger partial charge is 0.408 e. The highest BCUT2D eigenvalue weighted by atomic mass is 16.6. The van der Waals surface area contributed by atoms with E-state index < -0.39 is 72.2 Å². The maximum Gasteiger partial charge on any atom is 0.408 e. The quantitative estimate of drug-likeness (QED) is 0.0814. The van der Waals surface area contributed by atoms with Crippen LogP contribution in [0.2, 0.25) is 0 Å². The molecule has 56 heavy (non-hydrogen) atoms. The van der Waals surface area contributed by atoms with Gasteiger partial charge in [0.05, 0.1) is 23.5 Å². The van der Waals surface area contributed by atoms with Gasteiger partial charge in [0, 0.05) is 12.4 Å². The molecule has 0 saturated carbocycles. The van der Waals surface area contributed by atoms with Gasteiger partial charge in [0.1, 0.15) is 37.5 Å². The number of nitrogens with zero attached hydrogens (tertiary/aromatic N) is 2. The Hall–Kier alpha value is -5.86. The molecule has 0 aliphatic carbocycles. The number of ether oxygens (including phenoxy) is 2. The molecule has 6 N–H and O–H groups in total. The van der Waals surface area contributed by atoms with Crippen LogP contribution in [0.3, 0.4) is 0 Å². The highest BCUT2D eigenvalue weighted by molar-refractivity contribution is 5.87. The maximum atomic E-state index is 13.9. The van der Waals surface area contributed by atoms with Crippen LogP contribution < -0.4 is 21.3 Å². The number of alkyl carbamates (subject to hydrolysis) is 2. The fourth-order valence-electron chi connectivity index (χ4n) is 5.92. The van der Waals surface area contributed by atoms with Crippen molar-refractivity contribution in [3.8, 4) is 0 Å². The second-order valence-corrected chi connectivity index (χ2v) is 14.1. The first-order valence-electron chi connectivity index (χ1n) is 18.6. The van der Waals surface area contributed by atoms with E-state index >= 15 is 0 Å². The molecule has 298 valence electrons. The number of carbonyl (C=O) groups excluding carboxylic acids is 4. The molecular weight excluding hydrogens is 716 g/mol. The molecule has 2 heterocycles. The summed E-state index contributed by atoms with van der Waals surface area (Å²) in [6.45, 7) is 6.79. The number of benzene rings is 2. The van der Waals surface area contributed by atoms with Gasteiger partial charge in [0.2, 0.25) is 11.8 Å². The Morgan fingerprint density at radius 1 is 0.536 bits per heavy atom. The molecule has 2 unspecified atom stereocenters. The topological polar surface area (TPSA) is 201 Å². The molecule has 0 bridgehead atoms. The summed E-state index contributed by atoms with van der Waals surface area (Å²) in [5.41, 5.74) is 2.57. The molecule has 4 aromatic rings. The monoisotopic (exact) mass is 768 g/mol. The van der Waals surface area contributed by atoms with Crippen LogP contribution in [0.25, 0.3) is 0 Å². The molecule has 0 aliphatic rings. The van der Waals surface area contributed by atoms with Gasteiger partial charge in [-0.05, 0) is 60.1 Å². The minimum atomic E-state index is -1.62. The summed E-state index contributed by atoms with van der Waals surface area (Å²) >= 11 is 0. The lowest BCUT2D eigenvalue weighted by Gasteiger charge is -2.35. The first-order chi connectivity index (χ1) is 26.9. The van der Waals surface area contributed by atoms with Crippen LogP contribution in [0.1, 0.15) is 50.2 Å². The van der Waals surface area contributed by atoms with Gasteiger partial charge in [0.25, 0.3) is 0 Å². The van der Waals surface area contributed by atoms with Crippen molar-refractivity contribution < 1.29 is 38.9 Å². The number of aliphatic hydroxyl groups is 2. The molecule has 14 nitrogen and oxygen atoms in total. The molecular formula is C42H52N6O8. The van der Waals surface area contributed by atoms with Crippen molar-refractivity contribution in [2.45, 2.75) is 90.1 Å². The van der Waals surface area contributed by atoms with Gasteiger partial charge in [-0.2, -0.15) is 0 Å². The van der Waals surface area contributed by atoms with Crippen molar-refractivity contribution in [1.29, 1.82) is 0 Å². The van der Waals surface area contributed by atoms with Crippen LogP contribution in [0.5, 0.6) is 0 Å².